The Labute approximate surface area is 141 Å². The number of para-hydroxylation sites is 1. The number of phenols is 1. The number of rotatable bonds is 6. The molecule has 0 fully saturated rings. The molecule has 0 aliphatic heterocycles. The molecule has 1 atom stereocenters. The van der Waals surface area contributed by atoms with Crippen LogP contribution in [0.3, 0.4) is 0 Å². The van der Waals surface area contributed by atoms with Crippen LogP contribution in [0.25, 0.3) is 0 Å². The van der Waals surface area contributed by atoms with Gasteiger partial charge >= 0.3 is 0 Å². The molecule has 6 heteroatoms. The number of aromatic hydroxyl groups is 1. The van der Waals surface area contributed by atoms with Crippen LogP contribution in [0.15, 0.2) is 47.6 Å². The number of carbonyl (C=O) groups is 1. The van der Waals surface area contributed by atoms with Crippen LogP contribution in [0.2, 0.25) is 0 Å². The highest BCUT2D eigenvalue weighted by atomic mass is 16.5. The molecule has 2 aromatic rings. The lowest BCUT2D eigenvalue weighted by atomic mass is 10.2. The van der Waals surface area contributed by atoms with Crippen LogP contribution in [0.4, 0.5) is 5.69 Å². The number of nitrogens with zero attached hydrogens (tertiary/aromatic N) is 1. The zero-order valence-corrected chi connectivity index (χ0v) is 13.9. The van der Waals surface area contributed by atoms with E-state index in [0.29, 0.717) is 11.3 Å². The molecule has 24 heavy (non-hydrogen) atoms. The number of hydrogen-bond acceptors (Lipinski definition) is 5. The van der Waals surface area contributed by atoms with Gasteiger partial charge in [0.15, 0.2) is 11.5 Å². The third-order valence-electron chi connectivity index (χ3n) is 3.46. The lowest BCUT2D eigenvalue weighted by Gasteiger charge is -2.13. The largest absolute Gasteiger partial charge is 0.504 e. The van der Waals surface area contributed by atoms with Crippen molar-refractivity contribution >= 4 is 17.8 Å². The molecule has 0 aliphatic rings. The average molecular weight is 327 g/mol. The number of methoxy groups -OCH3 is 1. The molecule has 0 saturated heterocycles. The topological polar surface area (TPSA) is 83.0 Å². The van der Waals surface area contributed by atoms with Crippen LogP contribution in [0.1, 0.15) is 18.1 Å². The number of phenolic OH excluding ortho intramolecular Hbond substituents is 1. The summed E-state index contributed by atoms with van der Waals surface area (Å²) in [5.41, 5.74) is 4.91. The number of amides is 1. The Bertz CT molecular complexity index is 727. The third-order valence-corrected chi connectivity index (χ3v) is 3.46. The first-order valence-corrected chi connectivity index (χ1v) is 7.53. The average Bonchev–Trinajstić information content (AvgIpc) is 2.58. The van der Waals surface area contributed by atoms with E-state index in [2.05, 4.69) is 15.8 Å². The Morgan fingerprint density at radius 3 is 2.62 bits per heavy atom. The Morgan fingerprint density at radius 1 is 1.25 bits per heavy atom. The predicted octanol–water partition coefficient (Wildman–Crippen LogP) is 2.66. The molecule has 0 aliphatic carbocycles. The number of ether oxygens (including phenoxy) is 1. The van der Waals surface area contributed by atoms with Crippen LogP contribution >= 0.6 is 0 Å². The molecule has 2 rings (SSSR count). The number of carbonyl (C=O) groups excluding carboxylic acids is 1. The molecule has 6 nitrogen and oxygen atoms in total. The third kappa shape index (κ3) is 4.49. The fourth-order valence-corrected chi connectivity index (χ4v) is 2.04. The molecular weight excluding hydrogens is 306 g/mol. The van der Waals surface area contributed by atoms with Gasteiger partial charge in [0.05, 0.1) is 13.3 Å². The van der Waals surface area contributed by atoms with Crippen LogP contribution in [-0.4, -0.2) is 30.4 Å². The standard InChI is InChI=1S/C18H21N3O3/c1-12-7-9-15(10-8-12)20-13(2)18(23)21-19-11-14-5-4-6-16(24-3)17(14)22/h4-11,13,20,22H,1-3H3,(H,21,23)/b19-11-/t13-/m1/s1. The van der Waals surface area contributed by atoms with Gasteiger partial charge < -0.3 is 15.2 Å². The SMILES string of the molecule is COc1cccc(/C=N\NC(=O)[C@@H](C)Nc2ccc(C)cc2)c1O. The molecule has 0 heterocycles. The molecule has 0 spiro atoms. The molecule has 3 N–H and O–H groups in total. The van der Waals surface area contributed by atoms with E-state index in [-0.39, 0.29) is 11.7 Å². The number of hydrazone groups is 1. The number of benzene rings is 2. The van der Waals surface area contributed by atoms with Gasteiger partial charge in [0.1, 0.15) is 6.04 Å². The maximum Gasteiger partial charge on any atom is 0.262 e. The van der Waals surface area contributed by atoms with Gasteiger partial charge in [-0.25, -0.2) is 5.43 Å². The summed E-state index contributed by atoms with van der Waals surface area (Å²) in [5.74, 6) is 0.0396. The van der Waals surface area contributed by atoms with Gasteiger partial charge in [-0.05, 0) is 38.1 Å². The Morgan fingerprint density at radius 2 is 1.96 bits per heavy atom. The fraction of sp³-hybridized carbons (Fsp3) is 0.222. The van der Waals surface area contributed by atoms with Gasteiger partial charge in [-0.2, -0.15) is 5.10 Å². The van der Waals surface area contributed by atoms with Crippen molar-refractivity contribution in [2.75, 3.05) is 12.4 Å². The van der Waals surface area contributed by atoms with Crippen LogP contribution in [0, 0.1) is 6.92 Å². The second kappa shape index (κ2) is 8.01. The van der Waals surface area contributed by atoms with Crippen LogP contribution < -0.4 is 15.5 Å². The smallest absolute Gasteiger partial charge is 0.262 e. The van der Waals surface area contributed by atoms with E-state index < -0.39 is 6.04 Å². The first-order chi connectivity index (χ1) is 11.5. The van der Waals surface area contributed by atoms with E-state index in [0.717, 1.165) is 11.3 Å². The Kier molecular flexibility index (Phi) is 5.78. The number of nitrogens with one attached hydrogen (secondary N) is 2. The van der Waals surface area contributed by atoms with E-state index in [9.17, 15) is 9.90 Å². The summed E-state index contributed by atoms with van der Waals surface area (Å²) in [7, 11) is 1.47. The van der Waals surface area contributed by atoms with Crippen molar-refractivity contribution in [3.8, 4) is 11.5 Å². The van der Waals surface area contributed by atoms with Crippen molar-refractivity contribution in [3.63, 3.8) is 0 Å². The number of hydrogen-bond donors (Lipinski definition) is 3. The van der Waals surface area contributed by atoms with Gasteiger partial charge in [-0.15, -0.1) is 0 Å². The highest BCUT2D eigenvalue weighted by Gasteiger charge is 2.11. The predicted molar refractivity (Wildman–Crippen MR) is 94.7 cm³/mol. The van der Waals surface area contributed by atoms with Crippen molar-refractivity contribution in [1.29, 1.82) is 0 Å². The van der Waals surface area contributed by atoms with Crippen molar-refractivity contribution in [3.05, 3.63) is 53.6 Å². The summed E-state index contributed by atoms with van der Waals surface area (Å²) in [6, 6.07) is 12.3. The zero-order chi connectivity index (χ0) is 17.5. The molecule has 0 radical (unpaired) electrons. The fourth-order valence-electron chi connectivity index (χ4n) is 2.04. The first kappa shape index (κ1) is 17.3. The van der Waals surface area contributed by atoms with Gasteiger partial charge in [0.25, 0.3) is 5.91 Å². The molecule has 0 unspecified atom stereocenters. The highest BCUT2D eigenvalue weighted by Crippen LogP contribution is 2.27. The summed E-state index contributed by atoms with van der Waals surface area (Å²) < 4.78 is 5.02. The minimum atomic E-state index is -0.455. The molecular formula is C18H21N3O3. The van der Waals surface area contributed by atoms with Gasteiger partial charge in [-0.1, -0.05) is 23.8 Å². The normalized spacial score (nSPS) is 12.0. The van der Waals surface area contributed by atoms with Crippen molar-refractivity contribution in [2.24, 2.45) is 5.10 Å². The summed E-state index contributed by atoms with van der Waals surface area (Å²) in [6.45, 7) is 3.75. The number of anilines is 1. The molecule has 0 saturated carbocycles. The second-order valence-corrected chi connectivity index (χ2v) is 5.36. The quantitative estimate of drug-likeness (QED) is 0.563. The summed E-state index contributed by atoms with van der Waals surface area (Å²) in [6.07, 6.45) is 1.37. The molecule has 0 bridgehead atoms. The van der Waals surface area contributed by atoms with Gasteiger partial charge in [0.2, 0.25) is 0 Å². The molecule has 0 aromatic heterocycles. The highest BCUT2D eigenvalue weighted by molar-refractivity contribution is 5.88. The van der Waals surface area contributed by atoms with Crippen molar-refractivity contribution in [2.45, 2.75) is 19.9 Å². The van der Waals surface area contributed by atoms with E-state index in [1.165, 1.54) is 13.3 Å². The maximum atomic E-state index is 12.0. The second-order valence-electron chi connectivity index (χ2n) is 5.36. The minimum absolute atomic E-state index is 0.0242. The zero-order valence-electron chi connectivity index (χ0n) is 13.9. The van der Waals surface area contributed by atoms with E-state index in [4.69, 9.17) is 4.74 Å². The summed E-state index contributed by atoms with van der Waals surface area (Å²) >= 11 is 0. The van der Waals surface area contributed by atoms with E-state index in [1.807, 2.05) is 31.2 Å². The summed E-state index contributed by atoms with van der Waals surface area (Å²) in [5, 5.41) is 16.9. The maximum absolute atomic E-state index is 12.0. The minimum Gasteiger partial charge on any atom is -0.504 e. The molecule has 126 valence electrons. The van der Waals surface area contributed by atoms with Gasteiger partial charge in [0, 0.05) is 11.3 Å². The Hall–Kier alpha value is -3.02. The first-order valence-electron chi connectivity index (χ1n) is 7.53. The monoisotopic (exact) mass is 327 g/mol. The summed E-state index contributed by atoms with van der Waals surface area (Å²) in [4.78, 5) is 12.0. The lowest BCUT2D eigenvalue weighted by molar-refractivity contribution is -0.121. The van der Waals surface area contributed by atoms with Gasteiger partial charge in [-0.3, -0.25) is 4.79 Å². The Balaban J connectivity index is 1.93. The molecule has 2 aromatic carbocycles. The van der Waals surface area contributed by atoms with Crippen molar-refractivity contribution in [1.82, 2.24) is 5.43 Å². The van der Waals surface area contributed by atoms with E-state index >= 15 is 0 Å². The lowest BCUT2D eigenvalue weighted by Crippen LogP contribution is -2.34. The van der Waals surface area contributed by atoms with Crippen LogP contribution in [0.5, 0.6) is 11.5 Å². The van der Waals surface area contributed by atoms with E-state index in [1.54, 1.807) is 25.1 Å². The van der Waals surface area contributed by atoms with Crippen molar-refractivity contribution < 1.29 is 14.6 Å². The van der Waals surface area contributed by atoms with Crippen LogP contribution in [-0.2, 0) is 4.79 Å². The number of aryl methyl sites for hydroxylation is 1. The molecule has 1 amide bonds.